The second-order valence-electron chi connectivity index (χ2n) is 3.81. The fourth-order valence-corrected chi connectivity index (χ4v) is 1.15. The van der Waals surface area contributed by atoms with Crippen molar-refractivity contribution >= 4 is 11.8 Å². The van der Waals surface area contributed by atoms with E-state index in [1.54, 1.807) is 0 Å². The van der Waals surface area contributed by atoms with Gasteiger partial charge in [0, 0.05) is 13.1 Å². The van der Waals surface area contributed by atoms with E-state index in [2.05, 4.69) is 34.4 Å². The van der Waals surface area contributed by atoms with Crippen LogP contribution < -0.4 is 10.6 Å². The molecule has 5 heteroatoms. The third-order valence-electron chi connectivity index (χ3n) is 2.39. The van der Waals surface area contributed by atoms with Crippen LogP contribution in [0.2, 0.25) is 0 Å². The Balaban J connectivity index is 2.66. The fraction of sp³-hybridized carbons (Fsp3) is 0.636. The molecule has 1 unspecified atom stereocenters. The molecule has 16 heavy (non-hydrogen) atoms. The summed E-state index contributed by atoms with van der Waals surface area (Å²) in [7, 11) is 0. The molecule has 0 saturated carbocycles. The molecule has 0 aromatic carbocycles. The second kappa shape index (κ2) is 6.25. The smallest absolute Gasteiger partial charge is 0.224 e. The van der Waals surface area contributed by atoms with E-state index in [0.717, 1.165) is 19.5 Å². The number of anilines is 2. The summed E-state index contributed by atoms with van der Waals surface area (Å²) in [5, 5.41) is 5.94. The highest BCUT2D eigenvalue weighted by Gasteiger charge is 2.07. The first kappa shape index (κ1) is 12.7. The summed E-state index contributed by atoms with van der Waals surface area (Å²) in [4.78, 5) is 7.90. The van der Waals surface area contributed by atoms with Gasteiger partial charge in [0.1, 0.15) is 0 Å². The van der Waals surface area contributed by atoms with Crippen LogP contribution in [0, 0.1) is 11.7 Å². The van der Waals surface area contributed by atoms with E-state index in [4.69, 9.17) is 0 Å². The first-order valence-corrected chi connectivity index (χ1v) is 5.67. The van der Waals surface area contributed by atoms with Crippen molar-refractivity contribution < 1.29 is 4.39 Å². The van der Waals surface area contributed by atoms with Crippen LogP contribution in [-0.4, -0.2) is 23.1 Å². The summed E-state index contributed by atoms with van der Waals surface area (Å²) in [5.74, 6) is 0.809. The molecule has 0 bridgehead atoms. The first-order valence-electron chi connectivity index (χ1n) is 5.67. The normalized spacial score (nSPS) is 12.2. The zero-order valence-electron chi connectivity index (χ0n) is 10.0. The van der Waals surface area contributed by atoms with Gasteiger partial charge in [-0.05, 0) is 12.8 Å². The standard InChI is InChI=1S/C11H19FN4/c1-4-8(3)6-14-10-9(12)7-15-11(16-10)13-5-2/h7-8H,4-6H2,1-3H3,(H2,13,14,15,16). The summed E-state index contributed by atoms with van der Waals surface area (Å²) in [5.41, 5.74) is 0. The third kappa shape index (κ3) is 3.64. The topological polar surface area (TPSA) is 49.8 Å². The van der Waals surface area contributed by atoms with Crippen molar-refractivity contribution in [3.63, 3.8) is 0 Å². The molecule has 0 amide bonds. The van der Waals surface area contributed by atoms with Crippen molar-refractivity contribution in [3.05, 3.63) is 12.0 Å². The summed E-state index contributed by atoms with van der Waals surface area (Å²) >= 11 is 0. The van der Waals surface area contributed by atoms with Gasteiger partial charge < -0.3 is 10.6 Å². The van der Waals surface area contributed by atoms with Crippen LogP contribution in [0.1, 0.15) is 27.2 Å². The number of nitrogens with one attached hydrogen (secondary N) is 2. The molecule has 0 radical (unpaired) electrons. The van der Waals surface area contributed by atoms with Crippen molar-refractivity contribution in [2.24, 2.45) is 5.92 Å². The summed E-state index contributed by atoms with van der Waals surface area (Å²) in [6.45, 7) is 7.59. The highest BCUT2D eigenvalue weighted by molar-refractivity contribution is 5.40. The van der Waals surface area contributed by atoms with Crippen LogP contribution in [0.3, 0.4) is 0 Å². The highest BCUT2D eigenvalue weighted by atomic mass is 19.1. The number of nitrogens with zero attached hydrogens (tertiary/aromatic N) is 2. The van der Waals surface area contributed by atoms with Gasteiger partial charge in [-0.1, -0.05) is 20.3 Å². The number of hydrogen-bond donors (Lipinski definition) is 2. The lowest BCUT2D eigenvalue weighted by molar-refractivity contribution is 0.580. The van der Waals surface area contributed by atoms with E-state index < -0.39 is 5.82 Å². The van der Waals surface area contributed by atoms with E-state index in [0.29, 0.717) is 11.9 Å². The lowest BCUT2D eigenvalue weighted by Gasteiger charge is -2.11. The molecule has 90 valence electrons. The molecular formula is C11H19FN4. The molecule has 1 atom stereocenters. The second-order valence-corrected chi connectivity index (χ2v) is 3.81. The van der Waals surface area contributed by atoms with E-state index in [1.807, 2.05) is 6.92 Å². The molecule has 0 saturated heterocycles. The van der Waals surface area contributed by atoms with Gasteiger partial charge in [0.05, 0.1) is 6.20 Å². The Hall–Kier alpha value is -1.39. The van der Waals surface area contributed by atoms with Gasteiger partial charge in [0.15, 0.2) is 11.6 Å². The predicted molar refractivity (Wildman–Crippen MR) is 64.1 cm³/mol. The molecule has 0 aliphatic heterocycles. The van der Waals surface area contributed by atoms with Gasteiger partial charge in [-0.2, -0.15) is 4.98 Å². The molecule has 4 nitrogen and oxygen atoms in total. The fourth-order valence-electron chi connectivity index (χ4n) is 1.15. The monoisotopic (exact) mass is 226 g/mol. The van der Waals surface area contributed by atoms with E-state index in [1.165, 1.54) is 6.20 Å². The Labute approximate surface area is 95.7 Å². The lowest BCUT2D eigenvalue weighted by Crippen LogP contribution is -2.14. The average Bonchev–Trinajstić information content (AvgIpc) is 2.29. The maximum absolute atomic E-state index is 13.3. The highest BCUT2D eigenvalue weighted by Crippen LogP contribution is 2.12. The van der Waals surface area contributed by atoms with Crippen molar-refractivity contribution in [2.75, 3.05) is 23.7 Å². The van der Waals surface area contributed by atoms with Crippen molar-refractivity contribution in [1.82, 2.24) is 9.97 Å². The summed E-state index contributed by atoms with van der Waals surface area (Å²) in [6, 6.07) is 0. The lowest BCUT2D eigenvalue weighted by atomic mass is 10.1. The molecule has 0 fully saturated rings. The van der Waals surface area contributed by atoms with Gasteiger partial charge in [0.25, 0.3) is 0 Å². The molecular weight excluding hydrogens is 207 g/mol. The zero-order valence-corrected chi connectivity index (χ0v) is 10.0. The van der Waals surface area contributed by atoms with Gasteiger partial charge in [-0.15, -0.1) is 0 Å². The van der Waals surface area contributed by atoms with Crippen LogP contribution in [0.5, 0.6) is 0 Å². The Morgan fingerprint density at radius 3 is 2.75 bits per heavy atom. The minimum absolute atomic E-state index is 0.270. The summed E-state index contributed by atoms with van der Waals surface area (Å²) < 4.78 is 13.3. The largest absolute Gasteiger partial charge is 0.367 e. The van der Waals surface area contributed by atoms with Crippen LogP contribution >= 0.6 is 0 Å². The molecule has 0 aliphatic rings. The van der Waals surface area contributed by atoms with Gasteiger partial charge >= 0.3 is 0 Å². The van der Waals surface area contributed by atoms with Crippen molar-refractivity contribution in [3.8, 4) is 0 Å². The molecule has 1 aromatic heterocycles. The molecule has 1 rings (SSSR count). The Morgan fingerprint density at radius 2 is 2.12 bits per heavy atom. The number of halogens is 1. The van der Waals surface area contributed by atoms with Gasteiger partial charge in [0.2, 0.25) is 5.95 Å². The maximum atomic E-state index is 13.3. The minimum atomic E-state index is -0.412. The van der Waals surface area contributed by atoms with Crippen molar-refractivity contribution in [1.29, 1.82) is 0 Å². The predicted octanol–water partition coefficient (Wildman–Crippen LogP) is 2.51. The molecule has 1 heterocycles. The van der Waals surface area contributed by atoms with E-state index in [-0.39, 0.29) is 5.82 Å². The number of hydrogen-bond acceptors (Lipinski definition) is 4. The first-order chi connectivity index (χ1) is 7.67. The Bertz CT molecular complexity index is 330. The maximum Gasteiger partial charge on any atom is 0.224 e. The third-order valence-corrected chi connectivity index (χ3v) is 2.39. The molecule has 2 N–H and O–H groups in total. The van der Waals surface area contributed by atoms with Crippen molar-refractivity contribution in [2.45, 2.75) is 27.2 Å². The van der Waals surface area contributed by atoms with Gasteiger partial charge in [-0.3, -0.25) is 0 Å². The Morgan fingerprint density at radius 1 is 1.38 bits per heavy atom. The minimum Gasteiger partial charge on any atom is -0.367 e. The van der Waals surface area contributed by atoms with Gasteiger partial charge in [-0.25, -0.2) is 9.37 Å². The van der Waals surface area contributed by atoms with Crippen LogP contribution in [0.25, 0.3) is 0 Å². The Kier molecular flexibility index (Phi) is 4.95. The number of rotatable bonds is 6. The molecule has 0 aliphatic carbocycles. The zero-order chi connectivity index (χ0) is 12.0. The summed E-state index contributed by atoms with van der Waals surface area (Å²) in [6.07, 6.45) is 2.24. The van der Waals surface area contributed by atoms with Crippen LogP contribution in [0.4, 0.5) is 16.2 Å². The number of aromatic nitrogens is 2. The van der Waals surface area contributed by atoms with Crippen LogP contribution in [0.15, 0.2) is 6.20 Å². The molecule has 1 aromatic rings. The average molecular weight is 226 g/mol. The van der Waals surface area contributed by atoms with Crippen LogP contribution in [-0.2, 0) is 0 Å². The SMILES string of the molecule is CCNc1ncc(F)c(NCC(C)CC)n1. The van der Waals surface area contributed by atoms with E-state index in [9.17, 15) is 4.39 Å². The molecule has 0 spiro atoms. The quantitative estimate of drug-likeness (QED) is 0.782. The van der Waals surface area contributed by atoms with E-state index >= 15 is 0 Å².